The third-order valence-corrected chi connectivity index (χ3v) is 5.20. The fourth-order valence-corrected chi connectivity index (χ4v) is 3.55. The topological polar surface area (TPSA) is 91.0 Å². The van der Waals surface area contributed by atoms with Crippen LogP contribution < -0.4 is 21.3 Å². The number of alkyl halides is 3. The highest BCUT2D eigenvalue weighted by Crippen LogP contribution is 2.35. The first-order chi connectivity index (χ1) is 15.2. The smallest absolute Gasteiger partial charge is 0.388 e. The Bertz CT molecular complexity index is 1180. The van der Waals surface area contributed by atoms with Crippen molar-refractivity contribution in [2.24, 2.45) is 0 Å². The number of hydrogen-bond donors (Lipinski definition) is 4. The molecule has 0 bridgehead atoms. The van der Waals surface area contributed by atoms with E-state index in [-0.39, 0.29) is 24.2 Å². The quantitative estimate of drug-likeness (QED) is 0.443. The van der Waals surface area contributed by atoms with Gasteiger partial charge in [-0.25, -0.2) is 4.98 Å². The van der Waals surface area contributed by atoms with Gasteiger partial charge >= 0.3 is 6.18 Å². The van der Waals surface area contributed by atoms with Gasteiger partial charge in [-0.05, 0) is 41.8 Å². The summed E-state index contributed by atoms with van der Waals surface area (Å²) in [7, 11) is 1.76. The maximum Gasteiger partial charge on any atom is 0.421 e. The second-order valence-electron chi connectivity index (χ2n) is 7.38. The van der Waals surface area contributed by atoms with Gasteiger partial charge in [0.1, 0.15) is 11.4 Å². The van der Waals surface area contributed by atoms with Crippen LogP contribution >= 0.6 is 0 Å². The van der Waals surface area contributed by atoms with Crippen molar-refractivity contribution < 1.29 is 18.0 Å². The predicted octanol–water partition coefficient (Wildman–Crippen LogP) is 4.70. The minimum atomic E-state index is -4.61. The molecule has 1 aliphatic rings. The summed E-state index contributed by atoms with van der Waals surface area (Å²) in [6.07, 6.45) is -3.56. The lowest BCUT2D eigenvalue weighted by Crippen LogP contribution is -2.15. The van der Waals surface area contributed by atoms with E-state index in [1.165, 1.54) is 0 Å². The molecule has 0 spiro atoms. The van der Waals surface area contributed by atoms with E-state index in [1.807, 2.05) is 25.1 Å². The van der Waals surface area contributed by atoms with E-state index < -0.39 is 11.7 Å². The van der Waals surface area contributed by atoms with Crippen molar-refractivity contribution >= 4 is 34.7 Å². The number of aromatic nitrogens is 2. The van der Waals surface area contributed by atoms with Crippen LogP contribution in [-0.2, 0) is 23.9 Å². The molecular weight excluding hydrogens is 421 g/mol. The SMILES string of the molecule is CNc1cccc(C)c1CNc1nc(Nc2ccc3c(c2)NC(=O)C3)ncc1C(F)(F)F. The van der Waals surface area contributed by atoms with Crippen LogP contribution in [-0.4, -0.2) is 22.9 Å². The standard InChI is InChI=1S/C22H21F3N6O/c1-12-4-3-5-17(26-2)15(12)10-27-20-16(22(23,24)25)11-28-21(31-20)29-14-7-6-13-8-19(32)30-18(13)9-14/h3-7,9,11,26H,8,10H2,1-2H3,(H,30,32)(H2,27,28,29,31). The van der Waals surface area contributed by atoms with Gasteiger partial charge in [-0.1, -0.05) is 18.2 Å². The second kappa shape index (κ2) is 8.37. The van der Waals surface area contributed by atoms with Crippen LogP contribution in [0, 0.1) is 6.92 Å². The fourth-order valence-electron chi connectivity index (χ4n) is 3.55. The molecule has 0 atom stereocenters. The van der Waals surface area contributed by atoms with Crippen molar-refractivity contribution in [3.05, 3.63) is 64.8 Å². The number of aryl methyl sites for hydroxylation is 1. The van der Waals surface area contributed by atoms with E-state index in [0.29, 0.717) is 17.8 Å². The lowest BCUT2D eigenvalue weighted by molar-refractivity contribution is -0.137. The third-order valence-electron chi connectivity index (χ3n) is 5.20. The molecule has 1 aromatic heterocycles. The van der Waals surface area contributed by atoms with Crippen LogP contribution in [0.2, 0.25) is 0 Å². The van der Waals surface area contributed by atoms with Gasteiger partial charge in [0, 0.05) is 36.9 Å². The maximum absolute atomic E-state index is 13.6. The summed E-state index contributed by atoms with van der Waals surface area (Å²) < 4.78 is 40.7. The number of fused-ring (bicyclic) bond motifs is 1. The monoisotopic (exact) mass is 442 g/mol. The van der Waals surface area contributed by atoms with Crippen LogP contribution in [0.15, 0.2) is 42.6 Å². The summed E-state index contributed by atoms with van der Waals surface area (Å²) in [6, 6.07) is 10.8. The van der Waals surface area contributed by atoms with Crippen LogP contribution in [0.25, 0.3) is 0 Å². The molecule has 0 aliphatic carbocycles. The number of carbonyl (C=O) groups is 1. The number of amides is 1. The third kappa shape index (κ3) is 4.43. The van der Waals surface area contributed by atoms with E-state index in [1.54, 1.807) is 25.2 Å². The largest absolute Gasteiger partial charge is 0.421 e. The summed E-state index contributed by atoms with van der Waals surface area (Å²) in [5, 5.41) is 11.5. The number of carbonyl (C=O) groups excluding carboxylic acids is 1. The zero-order chi connectivity index (χ0) is 22.9. The molecule has 4 rings (SSSR count). The van der Waals surface area contributed by atoms with Gasteiger partial charge in [0.05, 0.1) is 6.42 Å². The van der Waals surface area contributed by atoms with E-state index in [0.717, 1.165) is 28.6 Å². The zero-order valence-electron chi connectivity index (χ0n) is 17.4. The Morgan fingerprint density at radius 3 is 2.75 bits per heavy atom. The molecule has 0 saturated heterocycles. The first-order valence-electron chi connectivity index (χ1n) is 9.89. The molecule has 1 amide bonds. The molecule has 0 saturated carbocycles. The van der Waals surface area contributed by atoms with Crippen molar-refractivity contribution in [3.63, 3.8) is 0 Å². The Kier molecular flexibility index (Phi) is 5.60. The molecule has 2 heterocycles. The van der Waals surface area contributed by atoms with Crippen LogP contribution in [0.4, 0.5) is 42.0 Å². The summed E-state index contributed by atoms with van der Waals surface area (Å²) in [5.41, 5.74) is 3.70. The number of anilines is 5. The highest BCUT2D eigenvalue weighted by atomic mass is 19.4. The van der Waals surface area contributed by atoms with E-state index in [9.17, 15) is 18.0 Å². The molecule has 7 nitrogen and oxygen atoms in total. The van der Waals surface area contributed by atoms with Gasteiger partial charge < -0.3 is 21.3 Å². The lowest BCUT2D eigenvalue weighted by Gasteiger charge is -2.17. The predicted molar refractivity (Wildman–Crippen MR) is 117 cm³/mol. The highest BCUT2D eigenvalue weighted by molar-refractivity contribution is 5.99. The van der Waals surface area contributed by atoms with Crippen molar-refractivity contribution in [1.82, 2.24) is 9.97 Å². The Balaban J connectivity index is 1.61. The number of benzene rings is 2. The summed E-state index contributed by atoms with van der Waals surface area (Å²) in [5.74, 6) is -0.426. The molecule has 4 N–H and O–H groups in total. The minimum absolute atomic E-state index is 0.00315. The zero-order valence-corrected chi connectivity index (χ0v) is 17.4. The Morgan fingerprint density at radius 1 is 1.19 bits per heavy atom. The first-order valence-corrected chi connectivity index (χ1v) is 9.89. The van der Waals surface area contributed by atoms with E-state index in [4.69, 9.17) is 0 Å². The Labute approximate surface area is 182 Å². The summed E-state index contributed by atoms with van der Waals surface area (Å²) >= 11 is 0. The Hall–Kier alpha value is -3.82. The number of nitrogens with zero attached hydrogens (tertiary/aromatic N) is 2. The van der Waals surface area contributed by atoms with E-state index in [2.05, 4.69) is 31.2 Å². The van der Waals surface area contributed by atoms with Crippen LogP contribution in [0.1, 0.15) is 22.3 Å². The molecule has 0 unspecified atom stereocenters. The summed E-state index contributed by atoms with van der Waals surface area (Å²) in [6.45, 7) is 2.04. The number of nitrogens with one attached hydrogen (secondary N) is 4. The Morgan fingerprint density at radius 2 is 2.00 bits per heavy atom. The molecule has 1 aliphatic heterocycles. The number of halogens is 3. The number of hydrogen-bond acceptors (Lipinski definition) is 6. The molecule has 32 heavy (non-hydrogen) atoms. The molecule has 2 aromatic carbocycles. The average molecular weight is 442 g/mol. The molecule has 166 valence electrons. The molecule has 0 fully saturated rings. The first kappa shape index (κ1) is 21.4. The lowest BCUT2D eigenvalue weighted by atomic mass is 10.1. The van der Waals surface area contributed by atoms with Gasteiger partial charge in [0.25, 0.3) is 0 Å². The van der Waals surface area contributed by atoms with Gasteiger partial charge in [-0.2, -0.15) is 18.2 Å². The highest BCUT2D eigenvalue weighted by Gasteiger charge is 2.35. The normalized spacial score (nSPS) is 12.8. The van der Waals surface area contributed by atoms with E-state index >= 15 is 0 Å². The van der Waals surface area contributed by atoms with Crippen molar-refractivity contribution in [3.8, 4) is 0 Å². The van der Waals surface area contributed by atoms with Gasteiger partial charge in [-0.15, -0.1) is 0 Å². The molecular formula is C22H21F3N6O. The van der Waals surface area contributed by atoms with Crippen molar-refractivity contribution in [2.45, 2.75) is 26.1 Å². The van der Waals surface area contributed by atoms with Crippen molar-refractivity contribution in [1.29, 1.82) is 0 Å². The van der Waals surface area contributed by atoms with Crippen LogP contribution in [0.5, 0.6) is 0 Å². The van der Waals surface area contributed by atoms with Gasteiger partial charge in [0.2, 0.25) is 11.9 Å². The maximum atomic E-state index is 13.6. The van der Waals surface area contributed by atoms with Gasteiger partial charge in [0.15, 0.2) is 0 Å². The molecule has 3 aromatic rings. The number of rotatable bonds is 6. The van der Waals surface area contributed by atoms with Gasteiger partial charge in [-0.3, -0.25) is 4.79 Å². The summed E-state index contributed by atoms with van der Waals surface area (Å²) in [4.78, 5) is 19.4. The molecule has 10 heteroatoms. The van der Waals surface area contributed by atoms with Crippen molar-refractivity contribution in [2.75, 3.05) is 28.3 Å². The average Bonchev–Trinajstić information content (AvgIpc) is 3.11. The van der Waals surface area contributed by atoms with Crippen LogP contribution in [0.3, 0.4) is 0 Å². The fraction of sp³-hybridized carbons (Fsp3) is 0.227. The molecule has 0 radical (unpaired) electrons. The minimum Gasteiger partial charge on any atom is -0.388 e. The second-order valence-corrected chi connectivity index (χ2v) is 7.38.